The van der Waals surface area contributed by atoms with Gasteiger partial charge in [-0.3, -0.25) is 5.10 Å². The molecule has 2 aromatic rings. The molecule has 4 nitrogen and oxygen atoms in total. The van der Waals surface area contributed by atoms with Gasteiger partial charge >= 0.3 is 0 Å². The number of aromatic amines is 1. The van der Waals surface area contributed by atoms with E-state index in [0.29, 0.717) is 5.84 Å². The third-order valence-electron chi connectivity index (χ3n) is 1.92. The van der Waals surface area contributed by atoms with Crippen molar-refractivity contribution in [2.45, 2.75) is 0 Å². The first-order valence-electron chi connectivity index (χ1n) is 4.24. The summed E-state index contributed by atoms with van der Waals surface area (Å²) in [6.45, 7) is 0. The van der Waals surface area contributed by atoms with Gasteiger partial charge < -0.3 is 5.73 Å². The van der Waals surface area contributed by atoms with E-state index in [1.807, 2.05) is 18.2 Å². The normalized spacial score (nSPS) is 12.3. The zero-order valence-electron chi connectivity index (χ0n) is 7.67. The number of hydrogen-bond donors (Lipinski definition) is 2. The molecule has 0 saturated heterocycles. The van der Waals surface area contributed by atoms with Gasteiger partial charge in [-0.1, -0.05) is 6.07 Å². The van der Waals surface area contributed by atoms with E-state index >= 15 is 0 Å². The molecule has 0 amide bonds. The van der Waals surface area contributed by atoms with Crippen LogP contribution in [0.2, 0.25) is 0 Å². The Morgan fingerprint density at radius 1 is 1.60 bits per heavy atom. The summed E-state index contributed by atoms with van der Waals surface area (Å²) in [4.78, 5) is 4.20. The second-order valence-corrected chi connectivity index (χ2v) is 4.29. The highest BCUT2D eigenvalue weighted by atomic mass is 127. The van der Waals surface area contributed by atoms with Crippen molar-refractivity contribution in [2.75, 3.05) is 5.88 Å². The number of nitrogens with one attached hydrogen (secondary N) is 1. The maximum Gasteiger partial charge on any atom is 0.119 e. The second-order valence-electron chi connectivity index (χ2n) is 2.95. The Labute approximate surface area is 105 Å². The topological polar surface area (TPSA) is 67.1 Å². The Hall–Kier alpha value is -0.820. The lowest BCUT2D eigenvalue weighted by molar-refractivity contribution is 1.09. The number of benzene rings is 1. The van der Waals surface area contributed by atoms with Gasteiger partial charge in [0.1, 0.15) is 15.1 Å². The van der Waals surface area contributed by atoms with E-state index in [0.717, 1.165) is 20.3 Å². The monoisotopic (exact) mass is 334 g/mol. The van der Waals surface area contributed by atoms with Gasteiger partial charge in [-0.05, 0) is 34.7 Å². The van der Waals surface area contributed by atoms with Crippen LogP contribution in [0.4, 0.5) is 5.69 Å². The summed E-state index contributed by atoms with van der Waals surface area (Å²) in [5.41, 5.74) is 7.14. The summed E-state index contributed by atoms with van der Waals surface area (Å²) in [7, 11) is 0. The number of amidine groups is 1. The molecule has 0 aliphatic heterocycles. The largest absolute Gasteiger partial charge is 0.386 e. The SMILES string of the molecule is NC(CCl)=Nc1cccc2c(I)[nH]nc12. The molecule has 0 atom stereocenters. The van der Waals surface area contributed by atoms with Crippen LogP contribution in [-0.2, 0) is 0 Å². The van der Waals surface area contributed by atoms with Crippen molar-refractivity contribution in [3.8, 4) is 0 Å². The molecule has 3 N–H and O–H groups in total. The van der Waals surface area contributed by atoms with Gasteiger partial charge in [0.25, 0.3) is 0 Å². The molecule has 0 saturated carbocycles. The van der Waals surface area contributed by atoms with Crippen molar-refractivity contribution in [1.82, 2.24) is 10.2 Å². The quantitative estimate of drug-likeness (QED) is 0.383. The number of para-hydroxylation sites is 1. The summed E-state index contributed by atoms with van der Waals surface area (Å²) in [6.07, 6.45) is 0. The number of aromatic nitrogens is 2. The molecule has 2 rings (SSSR count). The van der Waals surface area contributed by atoms with Gasteiger partial charge in [0.05, 0.1) is 11.6 Å². The lowest BCUT2D eigenvalue weighted by Crippen LogP contribution is -2.12. The molecule has 0 aliphatic rings. The first-order chi connectivity index (χ1) is 7.22. The summed E-state index contributed by atoms with van der Waals surface area (Å²) < 4.78 is 0.990. The molecule has 1 heterocycles. The van der Waals surface area contributed by atoms with E-state index < -0.39 is 0 Å². The third kappa shape index (κ3) is 2.07. The van der Waals surface area contributed by atoms with Crippen molar-refractivity contribution in [2.24, 2.45) is 10.7 Å². The van der Waals surface area contributed by atoms with E-state index in [4.69, 9.17) is 17.3 Å². The molecule has 15 heavy (non-hydrogen) atoms. The van der Waals surface area contributed by atoms with Crippen molar-refractivity contribution < 1.29 is 0 Å². The standard InChI is InChI=1S/C9H8ClIN4/c10-4-7(12)13-6-3-1-2-5-8(6)14-15-9(5)11/h1-3H,4H2,(H2,12,13)(H,14,15). The molecule has 0 fully saturated rings. The number of aliphatic imine (C=N–C) groups is 1. The van der Waals surface area contributed by atoms with Crippen LogP contribution >= 0.6 is 34.2 Å². The molecular formula is C9H8ClIN4. The minimum Gasteiger partial charge on any atom is -0.386 e. The minimum absolute atomic E-state index is 0.220. The number of nitrogens with two attached hydrogens (primary N) is 1. The lowest BCUT2D eigenvalue weighted by atomic mass is 10.2. The molecule has 0 unspecified atom stereocenters. The van der Waals surface area contributed by atoms with Gasteiger partial charge in [0.2, 0.25) is 0 Å². The first-order valence-corrected chi connectivity index (χ1v) is 5.85. The predicted octanol–water partition coefficient (Wildman–Crippen LogP) is 2.39. The number of halogens is 2. The summed E-state index contributed by atoms with van der Waals surface area (Å²) >= 11 is 7.76. The molecule has 6 heteroatoms. The van der Waals surface area contributed by atoms with Crippen molar-refractivity contribution in [3.63, 3.8) is 0 Å². The van der Waals surface area contributed by atoms with Gasteiger partial charge in [-0.15, -0.1) is 11.6 Å². The van der Waals surface area contributed by atoms with Gasteiger partial charge in [0.15, 0.2) is 0 Å². The van der Waals surface area contributed by atoms with Gasteiger partial charge in [-0.2, -0.15) is 5.10 Å². The first kappa shape index (κ1) is 10.7. The molecule has 0 spiro atoms. The average molecular weight is 335 g/mol. The molecular weight excluding hydrogens is 326 g/mol. The van der Waals surface area contributed by atoms with Crippen molar-refractivity contribution >= 4 is 56.6 Å². The van der Waals surface area contributed by atoms with Crippen LogP contribution in [0.25, 0.3) is 10.9 Å². The van der Waals surface area contributed by atoms with Crippen molar-refractivity contribution in [3.05, 3.63) is 21.9 Å². The number of fused-ring (bicyclic) bond motifs is 1. The van der Waals surface area contributed by atoms with Crippen LogP contribution in [0, 0.1) is 3.70 Å². The Balaban J connectivity index is 2.61. The lowest BCUT2D eigenvalue weighted by Gasteiger charge is -1.97. The minimum atomic E-state index is 0.220. The fourth-order valence-corrected chi connectivity index (χ4v) is 1.88. The van der Waals surface area contributed by atoms with Crippen molar-refractivity contribution in [1.29, 1.82) is 0 Å². The van der Waals surface area contributed by atoms with E-state index in [-0.39, 0.29) is 5.88 Å². The fourth-order valence-electron chi connectivity index (χ4n) is 1.27. The molecule has 0 radical (unpaired) electrons. The van der Waals surface area contributed by atoms with Crippen LogP contribution in [0.1, 0.15) is 0 Å². The Kier molecular flexibility index (Phi) is 3.11. The van der Waals surface area contributed by atoms with Crippen LogP contribution in [0.15, 0.2) is 23.2 Å². The molecule has 0 bridgehead atoms. The highest BCUT2D eigenvalue weighted by Gasteiger charge is 2.06. The number of rotatable bonds is 2. The number of hydrogen-bond acceptors (Lipinski definition) is 2. The summed E-state index contributed by atoms with van der Waals surface area (Å²) in [5.74, 6) is 0.611. The number of nitrogens with zero attached hydrogens (tertiary/aromatic N) is 2. The molecule has 78 valence electrons. The maximum absolute atomic E-state index is 5.58. The van der Waals surface area contributed by atoms with E-state index in [1.54, 1.807) is 0 Å². The smallest absolute Gasteiger partial charge is 0.119 e. The van der Waals surface area contributed by atoms with Crippen LogP contribution < -0.4 is 5.73 Å². The second kappa shape index (κ2) is 4.36. The van der Waals surface area contributed by atoms with Gasteiger partial charge in [-0.25, -0.2) is 4.99 Å². The Morgan fingerprint density at radius 2 is 2.40 bits per heavy atom. The highest BCUT2D eigenvalue weighted by Crippen LogP contribution is 2.26. The zero-order valence-corrected chi connectivity index (χ0v) is 10.6. The maximum atomic E-state index is 5.58. The Bertz CT molecular complexity index is 520. The zero-order chi connectivity index (χ0) is 10.8. The third-order valence-corrected chi connectivity index (χ3v) is 3.01. The Morgan fingerprint density at radius 3 is 3.13 bits per heavy atom. The molecule has 0 aliphatic carbocycles. The van der Waals surface area contributed by atoms with E-state index in [1.165, 1.54) is 0 Å². The average Bonchev–Trinajstić information content (AvgIpc) is 2.62. The fraction of sp³-hybridized carbons (Fsp3) is 0.111. The predicted molar refractivity (Wildman–Crippen MR) is 70.8 cm³/mol. The van der Waals surface area contributed by atoms with Gasteiger partial charge in [0, 0.05) is 5.39 Å². The number of H-pyrrole nitrogens is 1. The summed E-state index contributed by atoms with van der Waals surface area (Å²) in [5, 5.41) is 8.11. The number of alkyl halides is 1. The van der Waals surface area contributed by atoms with E-state index in [2.05, 4.69) is 37.8 Å². The summed E-state index contributed by atoms with van der Waals surface area (Å²) in [6, 6.07) is 5.76. The van der Waals surface area contributed by atoms with Crippen LogP contribution in [-0.4, -0.2) is 21.9 Å². The van der Waals surface area contributed by atoms with Crippen LogP contribution in [0.3, 0.4) is 0 Å². The highest BCUT2D eigenvalue weighted by molar-refractivity contribution is 14.1. The van der Waals surface area contributed by atoms with Crippen LogP contribution in [0.5, 0.6) is 0 Å². The molecule has 1 aromatic heterocycles. The van der Waals surface area contributed by atoms with E-state index in [9.17, 15) is 0 Å². The molecule has 1 aromatic carbocycles.